The van der Waals surface area contributed by atoms with Crippen molar-refractivity contribution in [1.29, 1.82) is 0 Å². The summed E-state index contributed by atoms with van der Waals surface area (Å²) in [7, 11) is 0. The molecule has 3 heteroatoms. The Hall–Kier alpha value is -2.10. The van der Waals surface area contributed by atoms with Crippen LogP contribution in [-0.2, 0) is 4.74 Å². The smallest absolute Gasteiger partial charge is 0.120 e. The van der Waals surface area contributed by atoms with E-state index in [1.165, 1.54) is 0 Å². The summed E-state index contributed by atoms with van der Waals surface area (Å²) < 4.78 is 5.45. The van der Waals surface area contributed by atoms with E-state index in [-0.39, 0.29) is 6.04 Å². The van der Waals surface area contributed by atoms with Gasteiger partial charge in [-0.25, -0.2) is 0 Å². The van der Waals surface area contributed by atoms with Gasteiger partial charge in [-0.1, -0.05) is 60.7 Å². The molecule has 1 heterocycles. The predicted octanol–water partition coefficient (Wildman–Crippen LogP) is 3.48. The fraction of sp³-hybridized carbons (Fsp3) is 0.263. The van der Waals surface area contributed by atoms with Crippen molar-refractivity contribution in [3.63, 3.8) is 0 Å². The summed E-state index contributed by atoms with van der Waals surface area (Å²) in [5.41, 5.74) is 2.10. The largest absolute Gasteiger partial charge is 0.508 e. The topological polar surface area (TPSA) is 32.7 Å². The summed E-state index contributed by atoms with van der Waals surface area (Å²) in [6.07, 6.45) is 4.28. The Morgan fingerprint density at radius 3 is 2.36 bits per heavy atom. The van der Waals surface area contributed by atoms with Crippen LogP contribution >= 0.6 is 0 Å². The number of nitrogens with zero attached hydrogens (tertiary/aromatic N) is 1. The van der Waals surface area contributed by atoms with Crippen molar-refractivity contribution in [2.75, 3.05) is 26.3 Å². The third kappa shape index (κ3) is 3.56. The lowest BCUT2D eigenvalue weighted by atomic mass is 10.0. The summed E-state index contributed by atoms with van der Waals surface area (Å²) in [6.45, 7) is 3.23. The number of hydrogen-bond donors (Lipinski definition) is 1. The second-order valence-electron chi connectivity index (χ2n) is 5.42. The van der Waals surface area contributed by atoms with Crippen molar-refractivity contribution in [1.82, 2.24) is 4.90 Å². The molecule has 22 heavy (non-hydrogen) atoms. The lowest BCUT2D eigenvalue weighted by molar-refractivity contribution is 0.0250. The first-order chi connectivity index (χ1) is 10.8. The van der Waals surface area contributed by atoms with Gasteiger partial charge in [-0.3, -0.25) is 4.90 Å². The zero-order valence-corrected chi connectivity index (χ0v) is 12.6. The minimum atomic E-state index is 0.0605. The van der Waals surface area contributed by atoms with E-state index in [4.69, 9.17) is 4.74 Å². The van der Waals surface area contributed by atoms with E-state index in [9.17, 15) is 5.11 Å². The summed E-state index contributed by atoms with van der Waals surface area (Å²) >= 11 is 0. The molecule has 2 aromatic carbocycles. The van der Waals surface area contributed by atoms with Gasteiger partial charge in [0, 0.05) is 18.7 Å². The highest BCUT2D eigenvalue weighted by molar-refractivity contribution is 5.51. The zero-order valence-electron chi connectivity index (χ0n) is 12.6. The average Bonchev–Trinajstić information content (AvgIpc) is 2.58. The Balaban J connectivity index is 1.89. The van der Waals surface area contributed by atoms with E-state index in [0.29, 0.717) is 5.75 Å². The van der Waals surface area contributed by atoms with Crippen molar-refractivity contribution in [2.24, 2.45) is 0 Å². The summed E-state index contributed by atoms with van der Waals surface area (Å²) in [4.78, 5) is 2.35. The van der Waals surface area contributed by atoms with Crippen LogP contribution in [0.1, 0.15) is 17.2 Å². The third-order valence-corrected chi connectivity index (χ3v) is 3.97. The number of para-hydroxylation sites is 1. The van der Waals surface area contributed by atoms with Crippen molar-refractivity contribution < 1.29 is 9.84 Å². The van der Waals surface area contributed by atoms with Crippen LogP contribution < -0.4 is 0 Å². The van der Waals surface area contributed by atoms with Crippen LogP contribution in [0, 0.1) is 0 Å². The first-order valence-electron chi connectivity index (χ1n) is 7.67. The zero-order chi connectivity index (χ0) is 15.2. The highest BCUT2D eigenvalue weighted by atomic mass is 16.5. The van der Waals surface area contributed by atoms with Crippen LogP contribution in [0.5, 0.6) is 5.75 Å². The highest BCUT2D eigenvalue weighted by Gasteiger charge is 2.22. The number of phenolic OH excluding ortho intramolecular Hbond substituents is 1. The van der Waals surface area contributed by atoms with Crippen LogP contribution in [-0.4, -0.2) is 36.3 Å². The van der Waals surface area contributed by atoms with Gasteiger partial charge in [0.25, 0.3) is 0 Å². The number of rotatable bonds is 4. The molecule has 1 aliphatic heterocycles. The first kappa shape index (κ1) is 14.8. The van der Waals surface area contributed by atoms with Crippen LogP contribution in [0.25, 0.3) is 6.08 Å². The highest BCUT2D eigenvalue weighted by Crippen LogP contribution is 2.30. The molecule has 0 spiro atoms. The summed E-state index contributed by atoms with van der Waals surface area (Å²) in [5, 5.41) is 10.2. The molecule has 1 fully saturated rings. The lowest BCUT2D eigenvalue weighted by Crippen LogP contribution is -2.38. The van der Waals surface area contributed by atoms with Crippen molar-refractivity contribution >= 4 is 6.08 Å². The van der Waals surface area contributed by atoms with E-state index >= 15 is 0 Å². The molecule has 1 saturated heterocycles. The predicted molar refractivity (Wildman–Crippen MR) is 88.7 cm³/mol. The number of benzene rings is 2. The van der Waals surface area contributed by atoms with E-state index in [0.717, 1.165) is 37.4 Å². The molecule has 114 valence electrons. The molecule has 0 aliphatic carbocycles. The van der Waals surface area contributed by atoms with Gasteiger partial charge < -0.3 is 9.84 Å². The molecule has 2 aromatic rings. The second kappa shape index (κ2) is 7.25. The maximum absolute atomic E-state index is 10.2. The summed E-state index contributed by atoms with van der Waals surface area (Å²) in [6, 6.07) is 17.9. The number of aromatic hydroxyl groups is 1. The van der Waals surface area contributed by atoms with Gasteiger partial charge in [-0.05, 0) is 11.6 Å². The van der Waals surface area contributed by atoms with E-state index < -0.39 is 0 Å². The Morgan fingerprint density at radius 2 is 1.64 bits per heavy atom. The SMILES string of the molecule is Oc1ccccc1C(C=Cc1ccccc1)N1CCOCC1. The first-order valence-corrected chi connectivity index (χ1v) is 7.67. The molecule has 3 rings (SSSR count). The molecular weight excluding hydrogens is 274 g/mol. The molecule has 0 radical (unpaired) electrons. The minimum Gasteiger partial charge on any atom is -0.508 e. The molecule has 0 aromatic heterocycles. The average molecular weight is 295 g/mol. The normalized spacial score (nSPS) is 17.6. The third-order valence-electron chi connectivity index (χ3n) is 3.97. The monoisotopic (exact) mass is 295 g/mol. The standard InChI is InChI=1S/C19H21NO2/c21-19-9-5-4-8-17(19)18(20-12-14-22-15-13-20)11-10-16-6-2-1-3-7-16/h1-11,18,21H,12-15H2. The maximum Gasteiger partial charge on any atom is 0.120 e. The molecule has 1 N–H and O–H groups in total. The summed E-state index contributed by atoms with van der Waals surface area (Å²) in [5.74, 6) is 0.344. The van der Waals surface area contributed by atoms with Crippen molar-refractivity contribution in [3.8, 4) is 5.75 Å². The van der Waals surface area contributed by atoms with Gasteiger partial charge in [0.05, 0.1) is 19.3 Å². The fourth-order valence-electron chi connectivity index (χ4n) is 2.78. The number of hydrogen-bond acceptors (Lipinski definition) is 3. The molecule has 1 aliphatic rings. The van der Waals surface area contributed by atoms with Gasteiger partial charge >= 0.3 is 0 Å². The van der Waals surface area contributed by atoms with Crippen LogP contribution in [0.4, 0.5) is 0 Å². The van der Waals surface area contributed by atoms with E-state index in [2.05, 4.69) is 29.2 Å². The maximum atomic E-state index is 10.2. The Morgan fingerprint density at radius 1 is 0.955 bits per heavy atom. The van der Waals surface area contributed by atoms with Crippen LogP contribution in [0.2, 0.25) is 0 Å². The van der Waals surface area contributed by atoms with Gasteiger partial charge in [0.15, 0.2) is 0 Å². The van der Waals surface area contributed by atoms with Gasteiger partial charge in [0.2, 0.25) is 0 Å². The fourth-order valence-corrected chi connectivity index (χ4v) is 2.78. The quantitative estimate of drug-likeness (QED) is 0.937. The molecule has 0 bridgehead atoms. The molecule has 1 atom stereocenters. The lowest BCUT2D eigenvalue weighted by Gasteiger charge is -2.33. The second-order valence-corrected chi connectivity index (χ2v) is 5.42. The van der Waals surface area contributed by atoms with E-state index in [1.807, 2.05) is 36.4 Å². The molecule has 1 unspecified atom stereocenters. The van der Waals surface area contributed by atoms with Gasteiger partial charge in [-0.15, -0.1) is 0 Å². The van der Waals surface area contributed by atoms with Gasteiger partial charge in [0.1, 0.15) is 5.75 Å². The Kier molecular flexibility index (Phi) is 4.88. The minimum absolute atomic E-state index is 0.0605. The van der Waals surface area contributed by atoms with Crippen LogP contribution in [0.15, 0.2) is 60.7 Å². The van der Waals surface area contributed by atoms with Crippen molar-refractivity contribution in [3.05, 3.63) is 71.8 Å². The molecule has 0 amide bonds. The van der Waals surface area contributed by atoms with Gasteiger partial charge in [-0.2, -0.15) is 0 Å². The number of phenols is 1. The van der Waals surface area contributed by atoms with Crippen molar-refractivity contribution in [2.45, 2.75) is 6.04 Å². The Bertz CT molecular complexity index is 618. The van der Waals surface area contributed by atoms with Crippen LogP contribution in [0.3, 0.4) is 0 Å². The van der Waals surface area contributed by atoms with E-state index in [1.54, 1.807) is 6.07 Å². The Labute approximate surface area is 131 Å². The number of ether oxygens (including phenoxy) is 1. The molecule has 0 saturated carbocycles. The molecular formula is C19H21NO2. The molecule has 3 nitrogen and oxygen atoms in total. The number of morpholine rings is 1.